The Bertz CT molecular complexity index is 105. The summed E-state index contributed by atoms with van der Waals surface area (Å²) in [7, 11) is 0. The van der Waals surface area contributed by atoms with E-state index < -0.39 is 0 Å². The van der Waals surface area contributed by atoms with Gasteiger partial charge in [-0.3, -0.25) is 0 Å². The van der Waals surface area contributed by atoms with E-state index in [1.807, 2.05) is 34.6 Å². The second-order valence-electron chi connectivity index (χ2n) is 3.91. The van der Waals surface area contributed by atoms with Gasteiger partial charge in [-0.05, 0) is 34.6 Å². The fourth-order valence-electron chi connectivity index (χ4n) is 0.437. The molecule has 0 aromatic rings. The highest BCUT2D eigenvalue weighted by atomic mass is 16.7. The van der Waals surface area contributed by atoms with Crippen LogP contribution in [0.25, 0.3) is 0 Å². The third-order valence-corrected chi connectivity index (χ3v) is 1.06. The molecule has 0 unspecified atom stereocenters. The molecule has 0 saturated carbocycles. The molecule has 0 N–H and O–H groups in total. The topological polar surface area (TPSA) is 27.7 Å². The average Bonchev–Trinajstić information content (AvgIpc) is 1.83. The molecular formula is C9H20O3. The van der Waals surface area contributed by atoms with Crippen LogP contribution in [-0.2, 0) is 14.2 Å². The first kappa shape index (κ1) is 11.9. The van der Waals surface area contributed by atoms with Crippen molar-refractivity contribution >= 4 is 0 Å². The largest absolute Gasteiger partial charge is 0.353 e. The van der Waals surface area contributed by atoms with Crippen LogP contribution in [0.2, 0.25) is 0 Å². The van der Waals surface area contributed by atoms with Gasteiger partial charge in [-0.15, -0.1) is 0 Å². The summed E-state index contributed by atoms with van der Waals surface area (Å²) in [5, 5.41) is 0. The maximum atomic E-state index is 5.31. The lowest BCUT2D eigenvalue weighted by Crippen LogP contribution is -2.21. The molecule has 0 aliphatic carbocycles. The van der Waals surface area contributed by atoms with Crippen LogP contribution in [0.4, 0.5) is 0 Å². The van der Waals surface area contributed by atoms with Gasteiger partial charge in [0.25, 0.3) is 0 Å². The van der Waals surface area contributed by atoms with Gasteiger partial charge in [0.05, 0.1) is 11.7 Å². The molecule has 0 fully saturated rings. The van der Waals surface area contributed by atoms with Gasteiger partial charge < -0.3 is 14.2 Å². The van der Waals surface area contributed by atoms with Crippen molar-refractivity contribution in [3.05, 3.63) is 0 Å². The van der Waals surface area contributed by atoms with Crippen LogP contribution >= 0.6 is 0 Å². The quantitative estimate of drug-likeness (QED) is 0.474. The Labute approximate surface area is 75.0 Å². The maximum absolute atomic E-state index is 5.31. The Hall–Kier alpha value is -0.120. The second-order valence-corrected chi connectivity index (χ2v) is 3.91. The molecule has 0 aromatic carbocycles. The first-order chi connectivity index (χ1) is 5.42. The minimum atomic E-state index is -0.141. The molecule has 0 atom stereocenters. The molecule has 0 heterocycles. The lowest BCUT2D eigenvalue weighted by molar-refractivity contribution is -0.175. The van der Waals surface area contributed by atoms with Crippen molar-refractivity contribution in [2.45, 2.75) is 46.3 Å². The highest BCUT2D eigenvalue weighted by Gasteiger charge is 2.08. The average molecular weight is 176 g/mol. The zero-order valence-corrected chi connectivity index (χ0v) is 8.72. The van der Waals surface area contributed by atoms with E-state index in [1.54, 1.807) is 0 Å². The van der Waals surface area contributed by atoms with Crippen LogP contribution in [-0.4, -0.2) is 25.3 Å². The van der Waals surface area contributed by atoms with Gasteiger partial charge in [0.2, 0.25) is 0 Å². The summed E-state index contributed by atoms with van der Waals surface area (Å²) in [4.78, 5) is 0. The van der Waals surface area contributed by atoms with Gasteiger partial charge in [-0.2, -0.15) is 0 Å². The summed E-state index contributed by atoms with van der Waals surface area (Å²) in [6, 6.07) is 0. The molecular weight excluding hydrogens is 156 g/mol. The van der Waals surface area contributed by atoms with Crippen molar-refractivity contribution in [3.8, 4) is 0 Å². The molecule has 3 heteroatoms. The number of hydrogen-bond donors (Lipinski definition) is 0. The van der Waals surface area contributed by atoms with Gasteiger partial charge in [-0.1, -0.05) is 0 Å². The molecule has 0 aliphatic rings. The highest BCUT2D eigenvalue weighted by molar-refractivity contribution is 4.56. The Balaban J connectivity index is 3.12. The Morgan fingerprint density at radius 1 is 1.08 bits per heavy atom. The summed E-state index contributed by atoms with van der Waals surface area (Å²) in [6.07, 6.45) is 0.208. The summed E-state index contributed by atoms with van der Waals surface area (Å²) >= 11 is 0. The van der Waals surface area contributed by atoms with Gasteiger partial charge in [0.15, 0.2) is 0 Å². The lowest BCUT2D eigenvalue weighted by atomic mass is 10.2. The molecule has 0 amide bonds. The first-order valence-electron chi connectivity index (χ1n) is 4.25. The Morgan fingerprint density at radius 3 is 2.08 bits per heavy atom. The highest BCUT2D eigenvalue weighted by Crippen LogP contribution is 2.05. The van der Waals surface area contributed by atoms with E-state index in [4.69, 9.17) is 14.2 Å². The van der Waals surface area contributed by atoms with E-state index in [9.17, 15) is 0 Å². The fraction of sp³-hybridized carbons (Fsp3) is 1.00. The summed E-state index contributed by atoms with van der Waals surface area (Å²) in [5.74, 6) is 0. The second kappa shape index (κ2) is 5.51. The predicted octanol–water partition coefficient (Wildman–Crippen LogP) is 2.16. The van der Waals surface area contributed by atoms with Gasteiger partial charge in [0, 0.05) is 0 Å². The fourth-order valence-corrected chi connectivity index (χ4v) is 0.437. The van der Waals surface area contributed by atoms with E-state index in [1.165, 1.54) is 0 Å². The van der Waals surface area contributed by atoms with Crippen molar-refractivity contribution in [2.24, 2.45) is 0 Å². The van der Waals surface area contributed by atoms with Crippen LogP contribution < -0.4 is 0 Å². The standard InChI is InChI=1S/C9H20O3/c1-8(2)11-6-10-7-12-9(3,4)5/h8H,6-7H2,1-5H3. The third-order valence-electron chi connectivity index (χ3n) is 1.06. The van der Waals surface area contributed by atoms with Crippen molar-refractivity contribution < 1.29 is 14.2 Å². The van der Waals surface area contributed by atoms with Crippen LogP contribution in [0.3, 0.4) is 0 Å². The predicted molar refractivity (Wildman–Crippen MR) is 47.9 cm³/mol. The SMILES string of the molecule is CC(C)OCOCOC(C)(C)C. The molecule has 74 valence electrons. The summed E-state index contributed by atoms with van der Waals surface area (Å²) < 4.78 is 15.5. The van der Waals surface area contributed by atoms with E-state index in [-0.39, 0.29) is 18.5 Å². The van der Waals surface area contributed by atoms with E-state index in [0.29, 0.717) is 6.79 Å². The van der Waals surface area contributed by atoms with Gasteiger partial charge >= 0.3 is 0 Å². The molecule has 0 spiro atoms. The molecule has 0 saturated heterocycles. The molecule has 0 rings (SSSR count). The van der Waals surface area contributed by atoms with Gasteiger partial charge in [-0.25, -0.2) is 0 Å². The first-order valence-corrected chi connectivity index (χ1v) is 4.25. The molecule has 0 aromatic heterocycles. The van der Waals surface area contributed by atoms with Crippen molar-refractivity contribution in [1.29, 1.82) is 0 Å². The summed E-state index contributed by atoms with van der Waals surface area (Å²) in [5.41, 5.74) is -0.141. The summed E-state index contributed by atoms with van der Waals surface area (Å²) in [6.45, 7) is 10.5. The maximum Gasteiger partial charge on any atom is 0.150 e. The third kappa shape index (κ3) is 9.88. The lowest BCUT2D eigenvalue weighted by Gasteiger charge is -2.19. The normalized spacial score (nSPS) is 12.5. The van der Waals surface area contributed by atoms with Crippen LogP contribution in [0.5, 0.6) is 0 Å². The van der Waals surface area contributed by atoms with Crippen molar-refractivity contribution in [3.63, 3.8) is 0 Å². The zero-order valence-electron chi connectivity index (χ0n) is 8.72. The van der Waals surface area contributed by atoms with E-state index >= 15 is 0 Å². The van der Waals surface area contributed by atoms with E-state index in [0.717, 1.165) is 0 Å². The van der Waals surface area contributed by atoms with E-state index in [2.05, 4.69) is 0 Å². The van der Waals surface area contributed by atoms with Crippen LogP contribution in [0.15, 0.2) is 0 Å². The Kier molecular flexibility index (Phi) is 5.46. The molecule has 0 radical (unpaired) electrons. The number of rotatable bonds is 5. The van der Waals surface area contributed by atoms with Gasteiger partial charge in [0.1, 0.15) is 13.6 Å². The van der Waals surface area contributed by atoms with Crippen LogP contribution in [0.1, 0.15) is 34.6 Å². The molecule has 0 bridgehead atoms. The van der Waals surface area contributed by atoms with Crippen molar-refractivity contribution in [2.75, 3.05) is 13.6 Å². The number of hydrogen-bond acceptors (Lipinski definition) is 3. The van der Waals surface area contributed by atoms with Crippen LogP contribution in [0, 0.1) is 0 Å². The minimum Gasteiger partial charge on any atom is -0.353 e. The molecule has 12 heavy (non-hydrogen) atoms. The monoisotopic (exact) mass is 176 g/mol. The number of ether oxygens (including phenoxy) is 3. The Morgan fingerprint density at radius 2 is 1.67 bits per heavy atom. The van der Waals surface area contributed by atoms with Crippen molar-refractivity contribution in [1.82, 2.24) is 0 Å². The molecule has 0 aliphatic heterocycles. The smallest absolute Gasteiger partial charge is 0.150 e. The zero-order chi connectivity index (χ0) is 9.61. The molecule has 3 nitrogen and oxygen atoms in total. The minimum absolute atomic E-state index is 0.141.